The number of pyridine rings is 1. The summed E-state index contributed by atoms with van der Waals surface area (Å²) >= 11 is 0. The smallest absolute Gasteiger partial charge is 0.277 e. The summed E-state index contributed by atoms with van der Waals surface area (Å²) in [7, 11) is -2.21. The van der Waals surface area contributed by atoms with Crippen molar-refractivity contribution in [2.45, 2.75) is 13.0 Å². The second-order valence-corrected chi connectivity index (χ2v) is 8.02. The molecule has 1 aliphatic heterocycles. The van der Waals surface area contributed by atoms with E-state index in [1.54, 1.807) is 37.6 Å². The van der Waals surface area contributed by atoms with Gasteiger partial charge in [0.25, 0.3) is 10.2 Å². The van der Waals surface area contributed by atoms with E-state index < -0.39 is 10.2 Å². The number of methoxy groups -OCH3 is 1. The van der Waals surface area contributed by atoms with Crippen LogP contribution in [-0.2, 0) is 23.2 Å². The standard InChI is InChI=1S/C19H18FN3O3S/c1-26-14-2-3-16-15(4-6-22-19(16)10-14)17-8-13-11-23(27(21,24)25)7-5-12(13)9-18(17)20/h2-4,6,8-10H,5,7,11H2,1H3,(H2,21,24,25). The van der Waals surface area contributed by atoms with Crippen molar-refractivity contribution in [1.82, 2.24) is 9.29 Å². The summed E-state index contributed by atoms with van der Waals surface area (Å²) in [6, 6.07) is 10.4. The topological polar surface area (TPSA) is 85.5 Å². The molecule has 0 unspecified atom stereocenters. The molecule has 0 fully saturated rings. The van der Waals surface area contributed by atoms with Crippen molar-refractivity contribution in [1.29, 1.82) is 0 Å². The fourth-order valence-electron chi connectivity index (χ4n) is 3.47. The van der Waals surface area contributed by atoms with E-state index in [0.29, 0.717) is 28.8 Å². The molecule has 2 aromatic carbocycles. The minimum atomic E-state index is -3.78. The van der Waals surface area contributed by atoms with Gasteiger partial charge in [-0.05, 0) is 53.4 Å². The Balaban J connectivity index is 1.85. The predicted octanol–water partition coefficient (Wildman–Crippen LogP) is 2.61. The number of benzene rings is 2. The van der Waals surface area contributed by atoms with Gasteiger partial charge in [-0.25, -0.2) is 9.53 Å². The number of hydrogen-bond acceptors (Lipinski definition) is 4. The number of aromatic nitrogens is 1. The third-order valence-corrected chi connectivity index (χ3v) is 5.90. The molecular weight excluding hydrogens is 369 g/mol. The van der Waals surface area contributed by atoms with Crippen molar-refractivity contribution < 1.29 is 17.5 Å². The van der Waals surface area contributed by atoms with Crippen LogP contribution in [0.2, 0.25) is 0 Å². The molecule has 0 amide bonds. The maximum atomic E-state index is 14.9. The Morgan fingerprint density at radius 1 is 1.15 bits per heavy atom. The van der Waals surface area contributed by atoms with Crippen LogP contribution in [-0.4, -0.2) is 31.4 Å². The number of ether oxygens (including phenoxy) is 1. The van der Waals surface area contributed by atoms with Crippen molar-refractivity contribution in [3.63, 3.8) is 0 Å². The summed E-state index contributed by atoms with van der Waals surface area (Å²) in [6.07, 6.45) is 2.05. The number of hydrogen-bond donors (Lipinski definition) is 1. The summed E-state index contributed by atoms with van der Waals surface area (Å²) in [5, 5.41) is 6.04. The number of rotatable bonds is 3. The number of fused-ring (bicyclic) bond motifs is 2. The van der Waals surface area contributed by atoms with Crippen LogP contribution in [0.25, 0.3) is 22.0 Å². The first kappa shape index (κ1) is 17.8. The highest BCUT2D eigenvalue weighted by Crippen LogP contribution is 2.34. The number of nitrogens with two attached hydrogens (primary N) is 1. The highest BCUT2D eigenvalue weighted by Gasteiger charge is 2.25. The predicted molar refractivity (Wildman–Crippen MR) is 101 cm³/mol. The lowest BCUT2D eigenvalue weighted by Crippen LogP contribution is -2.40. The second kappa shape index (κ2) is 6.56. The van der Waals surface area contributed by atoms with Crippen LogP contribution >= 0.6 is 0 Å². The Morgan fingerprint density at radius 2 is 1.96 bits per heavy atom. The molecule has 8 heteroatoms. The highest BCUT2D eigenvalue weighted by molar-refractivity contribution is 7.86. The molecule has 3 aromatic rings. The minimum Gasteiger partial charge on any atom is -0.497 e. The molecule has 6 nitrogen and oxygen atoms in total. The molecule has 1 aliphatic rings. The first-order chi connectivity index (χ1) is 12.9. The van der Waals surface area contributed by atoms with Gasteiger partial charge in [0.05, 0.1) is 12.6 Å². The molecule has 0 radical (unpaired) electrons. The summed E-state index contributed by atoms with van der Waals surface area (Å²) in [4.78, 5) is 4.33. The van der Waals surface area contributed by atoms with Gasteiger partial charge in [0.1, 0.15) is 11.6 Å². The molecule has 0 spiro atoms. The van der Waals surface area contributed by atoms with Crippen LogP contribution in [0.1, 0.15) is 11.1 Å². The van der Waals surface area contributed by atoms with Crippen molar-refractivity contribution in [2.24, 2.45) is 5.14 Å². The highest BCUT2D eigenvalue weighted by atomic mass is 32.2. The molecule has 1 aromatic heterocycles. The molecular formula is C19H18FN3O3S. The second-order valence-electron chi connectivity index (χ2n) is 6.47. The molecule has 0 aliphatic carbocycles. The SMILES string of the molecule is COc1ccc2c(-c3cc4c(cc3F)CCN(S(N)(=O)=O)C4)ccnc2c1. The van der Waals surface area contributed by atoms with E-state index in [-0.39, 0.29) is 18.9 Å². The summed E-state index contributed by atoms with van der Waals surface area (Å²) in [6.45, 7) is 0.390. The molecule has 0 saturated heterocycles. The third-order valence-electron chi connectivity index (χ3n) is 4.87. The van der Waals surface area contributed by atoms with Gasteiger partial charge in [-0.2, -0.15) is 12.7 Å². The molecule has 2 N–H and O–H groups in total. The van der Waals surface area contributed by atoms with Crippen molar-refractivity contribution >= 4 is 21.1 Å². The van der Waals surface area contributed by atoms with E-state index in [1.165, 1.54) is 10.4 Å². The first-order valence-electron chi connectivity index (χ1n) is 8.39. The van der Waals surface area contributed by atoms with Gasteiger partial charge in [0.2, 0.25) is 0 Å². The fourth-order valence-corrected chi connectivity index (χ4v) is 4.13. The van der Waals surface area contributed by atoms with Crippen LogP contribution in [0.5, 0.6) is 5.75 Å². The molecule has 140 valence electrons. The average Bonchev–Trinajstić information content (AvgIpc) is 2.65. The third kappa shape index (κ3) is 3.27. The number of halogens is 1. The van der Waals surface area contributed by atoms with E-state index in [0.717, 1.165) is 16.5 Å². The zero-order valence-corrected chi connectivity index (χ0v) is 15.5. The van der Waals surface area contributed by atoms with Crippen LogP contribution in [0, 0.1) is 5.82 Å². The average molecular weight is 387 g/mol. The first-order valence-corrected chi connectivity index (χ1v) is 9.89. The van der Waals surface area contributed by atoms with E-state index in [2.05, 4.69) is 4.98 Å². The largest absolute Gasteiger partial charge is 0.497 e. The Hall–Kier alpha value is -2.55. The normalized spacial score (nSPS) is 14.9. The molecule has 0 bridgehead atoms. The molecule has 27 heavy (non-hydrogen) atoms. The van der Waals surface area contributed by atoms with Gasteiger partial charge in [-0.15, -0.1) is 0 Å². The van der Waals surface area contributed by atoms with Crippen LogP contribution in [0.4, 0.5) is 4.39 Å². The Kier molecular flexibility index (Phi) is 4.33. The van der Waals surface area contributed by atoms with E-state index in [9.17, 15) is 12.8 Å². The van der Waals surface area contributed by atoms with Crippen molar-refractivity contribution in [3.8, 4) is 16.9 Å². The van der Waals surface area contributed by atoms with E-state index >= 15 is 0 Å². The van der Waals surface area contributed by atoms with E-state index in [1.807, 2.05) is 6.07 Å². The van der Waals surface area contributed by atoms with Gasteiger partial charge in [-0.1, -0.05) is 0 Å². The quantitative estimate of drug-likeness (QED) is 0.749. The lowest BCUT2D eigenvalue weighted by molar-refractivity contribution is 0.391. The Labute approximate surface area is 156 Å². The minimum absolute atomic E-state index is 0.137. The van der Waals surface area contributed by atoms with Crippen LogP contribution in [0.3, 0.4) is 0 Å². The lowest BCUT2D eigenvalue weighted by atomic mass is 9.93. The lowest BCUT2D eigenvalue weighted by Gasteiger charge is -2.27. The van der Waals surface area contributed by atoms with Crippen LogP contribution < -0.4 is 9.88 Å². The number of nitrogens with zero attached hydrogens (tertiary/aromatic N) is 2. The van der Waals surface area contributed by atoms with Crippen LogP contribution in [0.15, 0.2) is 42.6 Å². The van der Waals surface area contributed by atoms with Crippen molar-refractivity contribution in [2.75, 3.05) is 13.7 Å². The van der Waals surface area contributed by atoms with Gasteiger partial charge in [0.15, 0.2) is 0 Å². The molecule has 0 atom stereocenters. The maximum absolute atomic E-state index is 14.9. The summed E-state index contributed by atoms with van der Waals surface area (Å²) in [5.74, 6) is 0.322. The monoisotopic (exact) mass is 387 g/mol. The zero-order chi connectivity index (χ0) is 19.2. The van der Waals surface area contributed by atoms with Gasteiger partial charge >= 0.3 is 0 Å². The zero-order valence-electron chi connectivity index (χ0n) is 14.6. The van der Waals surface area contributed by atoms with Gasteiger partial charge < -0.3 is 4.74 Å². The molecule has 4 rings (SSSR count). The summed E-state index contributed by atoms with van der Waals surface area (Å²) in [5.41, 5.74) is 3.34. The Morgan fingerprint density at radius 3 is 2.70 bits per heavy atom. The van der Waals surface area contributed by atoms with E-state index in [4.69, 9.17) is 9.88 Å². The summed E-state index contributed by atoms with van der Waals surface area (Å²) < 4.78 is 44.6. The van der Waals surface area contributed by atoms with Crippen molar-refractivity contribution in [3.05, 3.63) is 59.5 Å². The maximum Gasteiger partial charge on any atom is 0.277 e. The van der Waals surface area contributed by atoms with Gasteiger partial charge in [-0.3, -0.25) is 4.98 Å². The fraction of sp³-hybridized carbons (Fsp3) is 0.211. The molecule has 2 heterocycles. The van der Waals surface area contributed by atoms with Gasteiger partial charge in [0, 0.05) is 36.3 Å². The molecule has 0 saturated carbocycles. The Bertz CT molecular complexity index is 1150.